The Labute approximate surface area is 118 Å². The van der Waals surface area contributed by atoms with Gasteiger partial charge in [0, 0.05) is 13.1 Å². The second kappa shape index (κ2) is 6.28. The Balaban J connectivity index is 2.11. The zero-order chi connectivity index (χ0) is 13.8. The molecule has 1 atom stereocenters. The van der Waals surface area contributed by atoms with Gasteiger partial charge >= 0.3 is 5.97 Å². The van der Waals surface area contributed by atoms with Crippen LogP contribution in [0.5, 0.6) is 0 Å². The van der Waals surface area contributed by atoms with Crippen molar-refractivity contribution in [1.29, 1.82) is 0 Å². The maximum atomic E-state index is 11.6. The van der Waals surface area contributed by atoms with Crippen molar-refractivity contribution in [2.75, 3.05) is 30.8 Å². The number of thiophene rings is 1. The zero-order valence-corrected chi connectivity index (χ0v) is 12.5. The van der Waals surface area contributed by atoms with E-state index in [1.54, 1.807) is 0 Å². The van der Waals surface area contributed by atoms with Crippen LogP contribution in [0.2, 0.25) is 0 Å². The highest BCUT2D eigenvalue weighted by molar-refractivity contribution is 7.18. The second-order valence-electron chi connectivity index (χ2n) is 5.05. The van der Waals surface area contributed by atoms with Crippen molar-refractivity contribution >= 4 is 28.0 Å². The first-order chi connectivity index (χ1) is 9.15. The van der Waals surface area contributed by atoms with Gasteiger partial charge in [-0.25, -0.2) is 4.79 Å². The lowest BCUT2D eigenvalue weighted by molar-refractivity contribution is 0.0607. The van der Waals surface area contributed by atoms with E-state index < -0.39 is 0 Å². The summed E-state index contributed by atoms with van der Waals surface area (Å²) in [5, 5.41) is 1.09. The number of anilines is 2. The predicted octanol–water partition coefficient (Wildman–Crippen LogP) is 3.13. The van der Waals surface area contributed by atoms with E-state index >= 15 is 0 Å². The Morgan fingerprint density at radius 1 is 1.53 bits per heavy atom. The van der Waals surface area contributed by atoms with Crippen molar-refractivity contribution in [2.45, 2.75) is 32.6 Å². The molecule has 1 aliphatic heterocycles. The first kappa shape index (κ1) is 14.2. The lowest BCUT2D eigenvalue weighted by Gasteiger charge is -2.20. The van der Waals surface area contributed by atoms with Gasteiger partial charge in [0.15, 0.2) is 0 Å². The normalized spacial score (nSPS) is 20.1. The Kier molecular flexibility index (Phi) is 4.69. The molecule has 19 heavy (non-hydrogen) atoms. The number of carbonyl (C=O) groups excluding carboxylic acids is 1. The van der Waals surface area contributed by atoms with Crippen molar-refractivity contribution in [3.63, 3.8) is 0 Å². The van der Waals surface area contributed by atoms with E-state index in [4.69, 9.17) is 10.5 Å². The van der Waals surface area contributed by atoms with Gasteiger partial charge < -0.3 is 15.4 Å². The number of nitrogens with zero attached hydrogens (tertiary/aromatic N) is 1. The van der Waals surface area contributed by atoms with Crippen molar-refractivity contribution in [3.05, 3.63) is 10.9 Å². The third-order valence-electron chi connectivity index (χ3n) is 3.86. The lowest BCUT2D eigenvalue weighted by atomic mass is 9.98. The van der Waals surface area contributed by atoms with Crippen molar-refractivity contribution in [1.82, 2.24) is 0 Å². The Morgan fingerprint density at radius 2 is 2.32 bits per heavy atom. The Morgan fingerprint density at radius 3 is 3.00 bits per heavy atom. The van der Waals surface area contributed by atoms with Crippen LogP contribution in [-0.4, -0.2) is 26.2 Å². The van der Waals surface area contributed by atoms with Crippen LogP contribution < -0.4 is 10.6 Å². The fraction of sp³-hybridized carbons (Fsp3) is 0.643. The van der Waals surface area contributed by atoms with E-state index in [1.807, 2.05) is 6.07 Å². The van der Waals surface area contributed by atoms with Gasteiger partial charge in [-0.2, -0.15) is 0 Å². The summed E-state index contributed by atoms with van der Waals surface area (Å²) >= 11 is 1.44. The molecule has 2 heterocycles. The molecule has 0 aliphatic carbocycles. The first-order valence-corrected chi connectivity index (χ1v) is 7.70. The van der Waals surface area contributed by atoms with E-state index in [0.29, 0.717) is 10.6 Å². The standard InChI is InChI=1S/C14H22N2O2S/c1-3-10-5-4-7-16(8-6-10)12-9-11(15)13(19-12)14(17)18-2/h9-10H,3-8,15H2,1-2H3. The van der Waals surface area contributed by atoms with Gasteiger partial charge in [-0.15, -0.1) is 11.3 Å². The summed E-state index contributed by atoms with van der Waals surface area (Å²) in [7, 11) is 1.39. The van der Waals surface area contributed by atoms with Crippen LogP contribution in [-0.2, 0) is 4.74 Å². The average Bonchev–Trinajstić information content (AvgIpc) is 2.66. The molecule has 0 radical (unpaired) electrons. The Bertz CT molecular complexity index is 445. The summed E-state index contributed by atoms with van der Waals surface area (Å²) < 4.78 is 4.75. The van der Waals surface area contributed by atoms with Gasteiger partial charge in [-0.1, -0.05) is 13.3 Å². The monoisotopic (exact) mass is 282 g/mol. The number of hydrogen-bond acceptors (Lipinski definition) is 5. The molecule has 4 nitrogen and oxygen atoms in total. The highest BCUT2D eigenvalue weighted by Crippen LogP contribution is 2.34. The number of ether oxygens (including phenoxy) is 1. The third-order valence-corrected chi connectivity index (χ3v) is 5.05. The lowest BCUT2D eigenvalue weighted by Crippen LogP contribution is -2.23. The molecule has 0 saturated carbocycles. The molecule has 5 heteroatoms. The number of methoxy groups -OCH3 is 1. The molecule has 1 unspecified atom stereocenters. The first-order valence-electron chi connectivity index (χ1n) is 6.88. The molecule has 0 amide bonds. The fourth-order valence-corrected chi connectivity index (χ4v) is 3.64. The van der Waals surface area contributed by atoms with Crippen LogP contribution in [0.3, 0.4) is 0 Å². The van der Waals surface area contributed by atoms with Gasteiger partial charge in [0.1, 0.15) is 4.88 Å². The van der Waals surface area contributed by atoms with Gasteiger partial charge in [0.25, 0.3) is 0 Å². The molecule has 1 saturated heterocycles. The van der Waals surface area contributed by atoms with E-state index in [2.05, 4.69) is 11.8 Å². The minimum Gasteiger partial charge on any atom is -0.465 e. The van der Waals surface area contributed by atoms with E-state index in [-0.39, 0.29) is 5.97 Å². The van der Waals surface area contributed by atoms with Gasteiger partial charge in [-0.3, -0.25) is 0 Å². The second-order valence-corrected chi connectivity index (χ2v) is 6.08. The molecule has 106 valence electrons. The summed E-state index contributed by atoms with van der Waals surface area (Å²) in [6.07, 6.45) is 5.00. The number of nitrogen functional groups attached to an aromatic ring is 1. The molecule has 1 fully saturated rings. The topological polar surface area (TPSA) is 55.6 Å². The largest absolute Gasteiger partial charge is 0.465 e. The van der Waals surface area contributed by atoms with E-state index in [9.17, 15) is 4.79 Å². The fourth-order valence-electron chi connectivity index (χ4n) is 2.59. The summed E-state index contributed by atoms with van der Waals surface area (Å²) in [6.45, 7) is 4.37. The SMILES string of the molecule is CCC1CCCN(c2cc(N)c(C(=O)OC)s2)CC1. The van der Waals surface area contributed by atoms with Gasteiger partial charge in [0.05, 0.1) is 17.8 Å². The third kappa shape index (κ3) is 3.21. The van der Waals surface area contributed by atoms with Crippen molar-refractivity contribution < 1.29 is 9.53 Å². The van der Waals surface area contributed by atoms with Crippen LogP contribution in [0.15, 0.2) is 6.07 Å². The van der Waals surface area contributed by atoms with Gasteiger partial charge in [0.2, 0.25) is 0 Å². The Hall–Kier alpha value is -1.23. The number of hydrogen-bond donors (Lipinski definition) is 1. The van der Waals surface area contributed by atoms with Crippen LogP contribution in [0.25, 0.3) is 0 Å². The zero-order valence-electron chi connectivity index (χ0n) is 11.6. The summed E-state index contributed by atoms with van der Waals surface area (Å²) in [5.74, 6) is 0.498. The molecule has 0 bridgehead atoms. The molecule has 2 N–H and O–H groups in total. The molecular weight excluding hydrogens is 260 g/mol. The molecule has 0 aromatic carbocycles. The minimum absolute atomic E-state index is 0.338. The number of carbonyl (C=O) groups is 1. The quantitative estimate of drug-likeness (QED) is 0.865. The maximum absolute atomic E-state index is 11.6. The van der Waals surface area contributed by atoms with Crippen LogP contribution >= 0.6 is 11.3 Å². The number of rotatable bonds is 3. The smallest absolute Gasteiger partial charge is 0.350 e. The summed E-state index contributed by atoms with van der Waals surface area (Å²) in [5.41, 5.74) is 6.43. The minimum atomic E-state index is -0.338. The highest BCUT2D eigenvalue weighted by Gasteiger charge is 2.21. The summed E-state index contributed by atoms with van der Waals surface area (Å²) in [6, 6.07) is 1.91. The molecule has 1 aromatic rings. The van der Waals surface area contributed by atoms with Crippen molar-refractivity contribution in [3.8, 4) is 0 Å². The average molecular weight is 282 g/mol. The maximum Gasteiger partial charge on any atom is 0.350 e. The molecule has 2 rings (SSSR count). The van der Waals surface area contributed by atoms with E-state index in [1.165, 1.54) is 44.1 Å². The number of nitrogens with two attached hydrogens (primary N) is 1. The van der Waals surface area contributed by atoms with Crippen molar-refractivity contribution in [2.24, 2.45) is 5.92 Å². The molecule has 1 aliphatic rings. The van der Waals surface area contributed by atoms with E-state index in [0.717, 1.165) is 24.0 Å². The number of esters is 1. The molecule has 0 spiro atoms. The van der Waals surface area contributed by atoms with Crippen LogP contribution in [0, 0.1) is 5.92 Å². The molecular formula is C14H22N2O2S. The highest BCUT2D eigenvalue weighted by atomic mass is 32.1. The van der Waals surface area contributed by atoms with Crippen LogP contribution in [0.1, 0.15) is 42.3 Å². The summed E-state index contributed by atoms with van der Waals surface area (Å²) in [4.78, 5) is 14.5. The van der Waals surface area contributed by atoms with Gasteiger partial charge in [-0.05, 0) is 31.2 Å². The molecule has 1 aromatic heterocycles. The predicted molar refractivity (Wildman–Crippen MR) is 79.9 cm³/mol. The van der Waals surface area contributed by atoms with Crippen LogP contribution in [0.4, 0.5) is 10.7 Å².